The van der Waals surface area contributed by atoms with Crippen molar-refractivity contribution >= 4 is 26.0 Å². The van der Waals surface area contributed by atoms with Crippen molar-refractivity contribution in [3.8, 4) is 0 Å². The Balaban J connectivity index is 2.12. The Hall–Kier alpha value is -0.370. The molecule has 0 radical (unpaired) electrons. The molecule has 1 saturated carbocycles. The first-order valence-corrected chi connectivity index (χ1v) is 9.61. The molecular weight excluding hydrogens is 356 g/mol. The number of rotatable bonds is 6. The summed E-state index contributed by atoms with van der Waals surface area (Å²) in [6.45, 7) is 6.64. The summed E-state index contributed by atoms with van der Waals surface area (Å²) >= 11 is 3.21. The Labute approximate surface area is 135 Å². The highest BCUT2D eigenvalue weighted by atomic mass is 79.9. The van der Waals surface area contributed by atoms with E-state index >= 15 is 0 Å². The Morgan fingerprint density at radius 1 is 1.43 bits per heavy atom. The lowest BCUT2D eigenvalue weighted by Gasteiger charge is -2.16. The zero-order chi connectivity index (χ0) is 15.6. The highest BCUT2D eigenvalue weighted by Gasteiger charge is 2.30. The van der Waals surface area contributed by atoms with Crippen molar-refractivity contribution < 1.29 is 12.8 Å². The molecule has 1 heterocycles. The summed E-state index contributed by atoms with van der Waals surface area (Å²) in [7, 11) is -3.54. The van der Waals surface area contributed by atoms with Crippen LogP contribution in [0.15, 0.2) is 20.0 Å². The maximum absolute atomic E-state index is 12.5. The van der Waals surface area contributed by atoms with Gasteiger partial charge in [0.15, 0.2) is 4.67 Å². The number of nitrogens with one attached hydrogen (secondary N) is 2. The molecule has 0 aliphatic heterocycles. The highest BCUT2D eigenvalue weighted by molar-refractivity contribution is 9.10. The van der Waals surface area contributed by atoms with Crippen LogP contribution in [-0.2, 0) is 16.6 Å². The van der Waals surface area contributed by atoms with Gasteiger partial charge in [-0.05, 0) is 34.7 Å². The first-order valence-electron chi connectivity index (χ1n) is 7.33. The second-order valence-corrected chi connectivity index (χ2v) is 8.42. The largest absolute Gasteiger partial charge is 0.452 e. The molecule has 120 valence electrons. The fourth-order valence-corrected chi connectivity index (χ4v) is 4.93. The van der Waals surface area contributed by atoms with E-state index in [1.165, 1.54) is 0 Å². The van der Waals surface area contributed by atoms with Crippen molar-refractivity contribution in [1.29, 1.82) is 0 Å². The molecule has 7 heteroatoms. The van der Waals surface area contributed by atoms with E-state index in [4.69, 9.17) is 4.42 Å². The van der Waals surface area contributed by atoms with Crippen LogP contribution < -0.4 is 10.0 Å². The van der Waals surface area contributed by atoms with E-state index in [0.29, 0.717) is 24.3 Å². The summed E-state index contributed by atoms with van der Waals surface area (Å²) in [5, 5.41) is 3.20. The molecule has 5 nitrogen and oxygen atoms in total. The second-order valence-electron chi connectivity index (χ2n) is 6.02. The average Bonchev–Trinajstić information content (AvgIpc) is 2.94. The molecule has 21 heavy (non-hydrogen) atoms. The van der Waals surface area contributed by atoms with E-state index in [1.54, 1.807) is 6.07 Å². The van der Waals surface area contributed by atoms with E-state index in [1.807, 2.05) is 13.8 Å². The minimum atomic E-state index is -3.54. The maximum Gasteiger partial charge on any atom is 0.245 e. The van der Waals surface area contributed by atoms with E-state index in [9.17, 15) is 8.42 Å². The molecule has 2 rings (SSSR count). The van der Waals surface area contributed by atoms with Crippen LogP contribution in [-0.4, -0.2) is 20.5 Å². The van der Waals surface area contributed by atoms with Crippen molar-refractivity contribution in [2.75, 3.05) is 0 Å². The molecule has 1 aliphatic rings. The van der Waals surface area contributed by atoms with Crippen LogP contribution in [0, 0.1) is 5.92 Å². The van der Waals surface area contributed by atoms with Gasteiger partial charge in [0.05, 0.1) is 6.54 Å². The lowest BCUT2D eigenvalue weighted by atomic mass is 10.1. The van der Waals surface area contributed by atoms with E-state index < -0.39 is 10.0 Å². The summed E-state index contributed by atoms with van der Waals surface area (Å²) in [5.41, 5.74) is 0. The molecule has 2 atom stereocenters. The fourth-order valence-electron chi connectivity index (χ4n) is 2.56. The van der Waals surface area contributed by atoms with Gasteiger partial charge in [-0.15, -0.1) is 0 Å². The van der Waals surface area contributed by atoms with Crippen LogP contribution in [0.5, 0.6) is 0 Å². The van der Waals surface area contributed by atoms with Crippen LogP contribution in [0.2, 0.25) is 0 Å². The summed E-state index contributed by atoms with van der Waals surface area (Å²) in [6.07, 6.45) is 3.05. The lowest BCUT2D eigenvalue weighted by molar-refractivity contribution is 0.445. The third-order valence-corrected chi connectivity index (χ3v) is 6.20. The van der Waals surface area contributed by atoms with Gasteiger partial charge in [0.25, 0.3) is 0 Å². The molecule has 0 aromatic carbocycles. The molecule has 0 bridgehead atoms. The summed E-state index contributed by atoms with van der Waals surface area (Å²) in [4.78, 5) is 0.183. The molecular formula is C14H23BrN2O3S. The third kappa shape index (κ3) is 4.31. The molecule has 1 fully saturated rings. The van der Waals surface area contributed by atoms with Crippen molar-refractivity contribution in [3.05, 3.63) is 16.5 Å². The number of furan rings is 1. The van der Waals surface area contributed by atoms with Gasteiger partial charge in [-0.1, -0.05) is 27.2 Å². The van der Waals surface area contributed by atoms with Crippen LogP contribution in [0.3, 0.4) is 0 Å². The molecule has 1 aromatic rings. The van der Waals surface area contributed by atoms with Crippen LogP contribution in [0.4, 0.5) is 0 Å². The molecule has 1 aromatic heterocycles. The Morgan fingerprint density at radius 2 is 2.14 bits per heavy atom. The van der Waals surface area contributed by atoms with Crippen molar-refractivity contribution in [2.24, 2.45) is 5.92 Å². The van der Waals surface area contributed by atoms with Gasteiger partial charge in [-0.3, -0.25) is 0 Å². The first kappa shape index (κ1) is 17.0. The van der Waals surface area contributed by atoms with E-state index in [0.717, 1.165) is 19.3 Å². The van der Waals surface area contributed by atoms with Gasteiger partial charge in [-0.2, -0.15) is 0 Å². The molecule has 2 N–H and O–H groups in total. The van der Waals surface area contributed by atoms with Gasteiger partial charge in [0, 0.05) is 18.2 Å². The van der Waals surface area contributed by atoms with E-state index in [2.05, 4.69) is 32.9 Å². The normalized spacial score (nSPS) is 23.1. The topological polar surface area (TPSA) is 71.3 Å². The smallest absolute Gasteiger partial charge is 0.245 e. The Bertz CT molecular complexity index is 583. The number of hydrogen-bond acceptors (Lipinski definition) is 4. The Kier molecular flexibility index (Phi) is 5.51. The van der Waals surface area contributed by atoms with Gasteiger partial charge >= 0.3 is 0 Å². The van der Waals surface area contributed by atoms with Crippen molar-refractivity contribution in [2.45, 2.75) is 63.6 Å². The van der Waals surface area contributed by atoms with E-state index in [-0.39, 0.29) is 15.6 Å². The van der Waals surface area contributed by atoms with Crippen molar-refractivity contribution in [1.82, 2.24) is 10.0 Å². The first-order chi connectivity index (χ1) is 9.79. The molecule has 0 saturated heterocycles. The fraction of sp³-hybridized carbons (Fsp3) is 0.714. The number of sulfonamides is 1. The van der Waals surface area contributed by atoms with Crippen LogP contribution in [0.1, 0.15) is 45.8 Å². The lowest BCUT2D eigenvalue weighted by Crippen LogP contribution is -2.36. The zero-order valence-electron chi connectivity index (χ0n) is 12.6. The van der Waals surface area contributed by atoms with Crippen LogP contribution in [0.25, 0.3) is 0 Å². The standard InChI is InChI=1S/C14H23BrN2O3S/c1-9(2)16-8-11-7-13(14(15)20-11)21(18,19)17-12-6-4-5-10(12)3/h7,9-10,12,16-17H,4-6,8H2,1-3H3. The van der Waals surface area contributed by atoms with Crippen molar-refractivity contribution in [3.63, 3.8) is 0 Å². The average molecular weight is 379 g/mol. The summed E-state index contributed by atoms with van der Waals surface area (Å²) in [5.74, 6) is 0.989. The minimum Gasteiger partial charge on any atom is -0.452 e. The van der Waals surface area contributed by atoms with Crippen LogP contribution >= 0.6 is 15.9 Å². The third-order valence-electron chi connectivity index (χ3n) is 3.85. The summed E-state index contributed by atoms with van der Waals surface area (Å²) in [6, 6.07) is 1.92. The predicted molar refractivity (Wildman–Crippen MR) is 85.5 cm³/mol. The molecule has 1 aliphatic carbocycles. The zero-order valence-corrected chi connectivity index (χ0v) is 15.1. The summed E-state index contributed by atoms with van der Waals surface area (Å²) < 4.78 is 33.5. The van der Waals surface area contributed by atoms with Gasteiger partial charge in [0.1, 0.15) is 10.7 Å². The molecule has 0 spiro atoms. The molecule has 2 unspecified atom stereocenters. The molecule has 0 amide bonds. The van der Waals surface area contributed by atoms with Gasteiger partial charge in [-0.25, -0.2) is 13.1 Å². The highest BCUT2D eigenvalue weighted by Crippen LogP contribution is 2.30. The minimum absolute atomic E-state index is 0.0223. The number of hydrogen-bond donors (Lipinski definition) is 2. The maximum atomic E-state index is 12.5. The SMILES string of the molecule is CC(C)NCc1cc(S(=O)(=O)NC2CCCC2C)c(Br)o1. The van der Waals surface area contributed by atoms with Gasteiger partial charge in [0.2, 0.25) is 10.0 Å². The number of halogens is 1. The predicted octanol–water partition coefficient (Wildman–Crippen LogP) is 3.01. The quantitative estimate of drug-likeness (QED) is 0.797. The Morgan fingerprint density at radius 3 is 2.71 bits per heavy atom. The second kappa shape index (κ2) is 6.81. The monoisotopic (exact) mass is 378 g/mol. The van der Waals surface area contributed by atoms with Gasteiger partial charge < -0.3 is 9.73 Å².